The number of hydrogen-bond donors (Lipinski definition) is 0. The summed E-state index contributed by atoms with van der Waals surface area (Å²) in [7, 11) is 0. The Kier molecular flexibility index (Phi) is 5.24. The van der Waals surface area contributed by atoms with Crippen molar-refractivity contribution in [1.82, 2.24) is 0 Å². The maximum absolute atomic E-state index is 11.6. The fraction of sp³-hybridized carbons (Fsp3) is 0.500. The molecule has 0 aromatic rings. The van der Waals surface area contributed by atoms with Gasteiger partial charge in [0.2, 0.25) is 0 Å². The first-order valence-corrected chi connectivity index (χ1v) is 6.84. The lowest BCUT2D eigenvalue weighted by Crippen LogP contribution is -2.27. The topological polar surface area (TPSA) is 73.9 Å². The van der Waals surface area contributed by atoms with Crippen molar-refractivity contribution < 1.29 is 9.53 Å². The first-order chi connectivity index (χ1) is 7.74. The third kappa shape index (κ3) is 2.94. The van der Waals surface area contributed by atoms with E-state index in [9.17, 15) is 4.79 Å². The third-order valence-electron chi connectivity index (χ3n) is 1.94. The molecule has 1 aliphatic heterocycles. The Hall–Kier alpha value is -1.11. The van der Waals surface area contributed by atoms with Crippen LogP contribution in [0.25, 0.3) is 0 Å². The van der Waals surface area contributed by atoms with Gasteiger partial charge in [-0.05, 0) is 12.5 Å². The molecule has 1 heterocycles. The molecular formula is C10H10N2O2S2. The third-order valence-corrected chi connectivity index (χ3v) is 4.47. The second-order valence-corrected chi connectivity index (χ2v) is 5.33. The highest BCUT2D eigenvalue weighted by molar-refractivity contribution is 8.17. The zero-order chi connectivity index (χ0) is 12.0. The number of allylic oxidation sites excluding steroid dienone is 1. The van der Waals surface area contributed by atoms with Crippen LogP contribution in [0, 0.1) is 22.7 Å². The normalized spacial score (nSPS) is 19.4. The molecule has 0 amide bonds. The van der Waals surface area contributed by atoms with Gasteiger partial charge in [-0.25, -0.2) is 0 Å². The molecule has 1 rings (SSSR count). The number of carbonyl (C=O) groups excluding carboxylic acids is 1. The van der Waals surface area contributed by atoms with Crippen LogP contribution in [0.4, 0.5) is 0 Å². The van der Waals surface area contributed by atoms with Gasteiger partial charge in [0.05, 0.1) is 6.61 Å². The lowest BCUT2D eigenvalue weighted by Gasteiger charge is -2.22. The second kappa shape index (κ2) is 6.47. The summed E-state index contributed by atoms with van der Waals surface area (Å²) in [4.78, 5) is 11.6. The first-order valence-electron chi connectivity index (χ1n) is 4.63. The minimum absolute atomic E-state index is 0.0396. The van der Waals surface area contributed by atoms with Crippen molar-refractivity contribution in [3.05, 3.63) is 11.1 Å². The molecule has 0 aromatic carbocycles. The molecule has 1 atom stereocenters. The van der Waals surface area contributed by atoms with Gasteiger partial charge in [0.1, 0.15) is 23.0 Å². The van der Waals surface area contributed by atoms with Gasteiger partial charge in [-0.3, -0.25) is 4.79 Å². The average Bonchev–Trinajstić information content (AvgIpc) is 2.31. The molecule has 6 heteroatoms. The van der Waals surface area contributed by atoms with E-state index in [-0.39, 0.29) is 11.5 Å². The van der Waals surface area contributed by atoms with Gasteiger partial charge in [-0.2, -0.15) is 10.5 Å². The smallest absolute Gasteiger partial charge is 0.323 e. The van der Waals surface area contributed by atoms with Gasteiger partial charge in [0.15, 0.2) is 0 Å². The number of rotatable bonds is 2. The van der Waals surface area contributed by atoms with E-state index in [1.54, 1.807) is 18.7 Å². The molecule has 1 aliphatic rings. The molecule has 0 aromatic heterocycles. The summed E-state index contributed by atoms with van der Waals surface area (Å²) in [5.74, 6) is 0.193. The molecule has 4 nitrogen and oxygen atoms in total. The number of esters is 1. The van der Waals surface area contributed by atoms with E-state index in [2.05, 4.69) is 0 Å². The molecule has 84 valence electrons. The van der Waals surface area contributed by atoms with Crippen LogP contribution in [0.2, 0.25) is 0 Å². The fourth-order valence-corrected chi connectivity index (χ4v) is 3.75. The van der Waals surface area contributed by atoms with Crippen molar-refractivity contribution >= 4 is 29.5 Å². The largest absolute Gasteiger partial charge is 0.465 e. The quantitative estimate of drug-likeness (QED) is 0.551. The van der Waals surface area contributed by atoms with Crippen molar-refractivity contribution in [3.8, 4) is 12.1 Å². The van der Waals surface area contributed by atoms with Crippen LogP contribution in [-0.2, 0) is 9.53 Å². The first kappa shape index (κ1) is 13.0. The fourth-order valence-electron chi connectivity index (χ4n) is 1.24. The van der Waals surface area contributed by atoms with Crippen molar-refractivity contribution in [2.75, 3.05) is 17.4 Å². The van der Waals surface area contributed by atoms with Crippen molar-refractivity contribution in [2.24, 2.45) is 0 Å². The van der Waals surface area contributed by atoms with E-state index in [1.165, 1.54) is 11.8 Å². The van der Waals surface area contributed by atoms with Crippen LogP contribution >= 0.6 is 23.5 Å². The molecule has 0 radical (unpaired) electrons. The molecule has 1 saturated heterocycles. The lowest BCUT2D eigenvalue weighted by atomic mass is 10.1. The second-order valence-electron chi connectivity index (χ2n) is 2.89. The van der Waals surface area contributed by atoms with Crippen LogP contribution < -0.4 is 0 Å². The van der Waals surface area contributed by atoms with Crippen molar-refractivity contribution in [2.45, 2.75) is 12.2 Å². The summed E-state index contributed by atoms with van der Waals surface area (Å²) < 4.78 is 4.93. The molecular weight excluding hydrogens is 244 g/mol. The van der Waals surface area contributed by atoms with Crippen molar-refractivity contribution in [3.63, 3.8) is 0 Å². The minimum Gasteiger partial charge on any atom is -0.465 e. The number of nitriles is 2. The zero-order valence-corrected chi connectivity index (χ0v) is 10.4. The van der Waals surface area contributed by atoms with Gasteiger partial charge in [-0.15, -0.1) is 23.5 Å². The highest BCUT2D eigenvalue weighted by atomic mass is 32.2. The van der Waals surface area contributed by atoms with Gasteiger partial charge in [0.25, 0.3) is 0 Å². The molecule has 0 aliphatic carbocycles. The van der Waals surface area contributed by atoms with E-state index in [0.717, 1.165) is 5.08 Å². The zero-order valence-electron chi connectivity index (χ0n) is 8.73. The summed E-state index contributed by atoms with van der Waals surface area (Å²) >= 11 is 3.00. The predicted octanol–water partition coefficient (Wildman–Crippen LogP) is 1.70. The number of ether oxygens (including phenoxy) is 1. The molecule has 1 unspecified atom stereocenters. The number of nitrogens with zero attached hydrogens (tertiary/aromatic N) is 2. The summed E-state index contributed by atoms with van der Waals surface area (Å²) in [5, 5.41) is 17.9. The Morgan fingerprint density at radius 3 is 2.81 bits per heavy atom. The van der Waals surface area contributed by atoms with Crippen LogP contribution in [-0.4, -0.2) is 28.7 Å². The summed E-state index contributed by atoms with van der Waals surface area (Å²) in [6.45, 7) is 2.05. The number of hydrogen-bond acceptors (Lipinski definition) is 6. The Bertz CT molecular complexity index is 377. The van der Waals surface area contributed by atoms with Crippen LogP contribution in [0.5, 0.6) is 0 Å². The SMILES string of the molecule is CCOC(=O)C1SCSCC1=C(C#N)C#N. The highest BCUT2D eigenvalue weighted by Crippen LogP contribution is 2.34. The molecule has 16 heavy (non-hydrogen) atoms. The standard InChI is InChI=1S/C10H10N2O2S2/c1-2-14-10(13)9-8(5-15-6-16-9)7(3-11)4-12/h9H,2,5-6H2,1H3. The summed E-state index contributed by atoms with van der Waals surface area (Å²) in [6, 6.07) is 3.66. The van der Waals surface area contributed by atoms with Crippen LogP contribution in [0.15, 0.2) is 11.1 Å². The molecule has 0 N–H and O–H groups in total. The maximum atomic E-state index is 11.6. The maximum Gasteiger partial charge on any atom is 0.323 e. The molecule has 0 saturated carbocycles. The Morgan fingerprint density at radius 1 is 1.56 bits per heavy atom. The number of carbonyl (C=O) groups is 1. The van der Waals surface area contributed by atoms with Gasteiger partial charge >= 0.3 is 5.97 Å². The van der Waals surface area contributed by atoms with Crippen molar-refractivity contribution in [1.29, 1.82) is 10.5 Å². The molecule has 1 fully saturated rings. The van der Waals surface area contributed by atoms with E-state index in [4.69, 9.17) is 15.3 Å². The van der Waals surface area contributed by atoms with Gasteiger partial charge in [0, 0.05) is 10.8 Å². The van der Waals surface area contributed by atoms with Gasteiger partial charge < -0.3 is 4.74 Å². The van der Waals surface area contributed by atoms with E-state index < -0.39 is 5.25 Å². The average molecular weight is 254 g/mol. The van der Waals surface area contributed by atoms with E-state index >= 15 is 0 Å². The minimum atomic E-state index is -0.490. The highest BCUT2D eigenvalue weighted by Gasteiger charge is 2.30. The van der Waals surface area contributed by atoms with Gasteiger partial charge in [-0.1, -0.05) is 0 Å². The Balaban J connectivity index is 2.97. The van der Waals surface area contributed by atoms with E-state index in [0.29, 0.717) is 17.9 Å². The Morgan fingerprint density at radius 2 is 2.25 bits per heavy atom. The Labute approximate surface area is 103 Å². The summed E-state index contributed by atoms with van der Waals surface area (Å²) in [6.07, 6.45) is 0. The number of thioether (sulfide) groups is 2. The predicted molar refractivity (Wildman–Crippen MR) is 63.6 cm³/mol. The van der Waals surface area contributed by atoms with E-state index in [1.807, 2.05) is 12.1 Å². The monoisotopic (exact) mass is 254 g/mol. The van der Waals surface area contributed by atoms with Crippen LogP contribution in [0.1, 0.15) is 6.92 Å². The lowest BCUT2D eigenvalue weighted by molar-refractivity contribution is -0.141. The molecule has 0 spiro atoms. The summed E-state index contributed by atoms with van der Waals surface area (Å²) in [5.41, 5.74) is 0.627. The molecule has 0 bridgehead atoms. The van der Waals surface area contributed by atoms with Crippen LogP contribution in [0.3, 0.4) is 0 Å².